The van der Waals surface area contributed by atoms with Gasteiger partial charge in [0.05, 0.1) is 0 Å². The van der Waals surface area contributed by atoms with Crippen molar-refractivity contribution in [1.82, 2.24) is 4.90 Å². The van der Waals surface area contributed by atoms with E-state index in [0.29, 0.717) is 24.7 Å². The smallest absolute Gasteiger partial charge is 0.542 e. The van der Waals surface area contributed by atoms with Crippen LogP contribution >= 0.6 is 0 Å². The Bertz CT molecular complexity index is 229. The van der Waals surface area contributed by atoms with Gasteiger partial charge in [-0.2, -0.15) is 6.42 Å². The molecule has 0 radical (unpaired) electrons. The van der Waals surface area contributed by atoms with Crippen molar-refractivity contribution in [3.8, 4) is 0 Å². The first kappa shape index (κ1) is 17.8. The molecule has 17 heavy (non-hydrogen) atoms. The number of hydrogen-bond acceptors (Lipinski definition) is 2. The predicted octanol–water partition coefficient (Wildman–Crippen LogP) is -0.691. The van der Waals surface area contributed by atoms with Gasteiger partial charge in [-0.3, -0.25) is 11.1 Å². The Balaban J connectivity index is 0.00000256. The molecule has 0 spiro atoms. The van der Waals surface area contributed by atoms with Crippen LogP contribution in [0.5, 0.6) is 0 Å². The number of nitrogens with zero attached hydrogens (tertiary/aromatic N) is 1. The quantitative estimate of drug-likeness (QED) is 0.330. The number of carbonyl (C=O) groups is 1. The maximum absolute atomic E-state index is 11.6. The van der Waals surface area contributed by atoms with E-state index in [1.54, 1.807) is 0 Å². The van der Waals surface area contributed by atoms with Crippen molar-refractivity contribution in [3.63, 3.8) is 0 Å². The molecule has 0 bridgehead atoms. The van der Waals surface area contributed by atoms with Crippen LogP contribution in [0, 0.1) is 5.92 Å². The Morgan fingerprint density at radius 1 is 1.29 bits per heavy atom. The molecule has 1 atom stereocenters. The average Bonchev–Trinajstić information content (AvgIpc) is 2.19. The van der Waals surface area contributed by atoms with Crippen LogP contribution in [0.25, 0.3) is 0 Å². The second-order valence-electron chi connectivity index (χ2n) is 4.77. The van der Waals surface area contributed by atoms with Gasteiger partial charge < -0.3 is 9.69 Å². The molecule has 0 aromatic heterocycles. The minimum absolute atomic E-state index is 0. The summed E-state index contributed by atoms with van der Waals surface area (Å²) in [5.74, 6) is 0.913. The maximum atomic E-state index is 11.6. The fraction of sp³-hybridized carbons (Fsp3) is 0.846. The molecule has 3 nitrogen and oxygen atoms in total. The third kappa shape index (κ3) is 7.72. The number of rotatable bonds is 8. The van der Waals surface area contributed by atoms with Crippen LogP contribution in [-0.2, 0) is 9.59 Å². The van der Waals surface area contributed by atoms with Gasteiger partial charge in [0, 0.05) is 19.5 Å². The van der Waals surface area contributed by atoms with Crippen LogP contribution in [-0.4, -0.2) is 30.2 Å². The van der Waals surface area contributed by atoms with Crippen LogP contribution in [0.2, 0.25) is 0 Å². The molecule has 4 heteroatoms. The molecule has 92 valence electrons. The van der Waals surface area contributed by atoms with Gasteiger partial charge >= 0.3 is 51.4 Å². The van der Waals surface area contributed by atoms with Gasteiger partial charge in [-0.05, 0) is 18.8 Å². The number of unbranched alkanes of at least 4 members (excludes halogenated alkanes) is 2. The van der Waals surface area contributed by atoms with Crippen LogP contribution in [0.4, 0.5) is 0 Å². The molecular weight excluding hydrogens is 241 g/mol. The Kier molecular flexibility index (Phi) is 11.2. The Morgan fingerprint density at radius 3 is 2.53 bits per heavy atom. The molecule has 0 N–H and O–H groups in total. The van der Waals surface area contributed by atoms with E-state index < -0.39 is 0 Å². The molecule has 0 saturated carbocycles. The van der Waals surface area contributed by atoms with E-state index >= 15 is 0 Å². The van der Waals surface area contributed by atoms with Gasteiger partial charge in [0.25, 0.3) is 0 Å². The molecule has 1 amide bonds. The van der Waals surface area contributed by atoms with Crippen molar-refractivity contribution >= 4 is 12.2 Å². The van der Waals surface area contributed by atoms with Crippen LogP contribution in [0.1, 0.15) is 51.9 Å². The predicted molar refractivity (Wildman–Crippen MR) is 63.8 cm³/mol. The molecule has 1 heterocycles. The van der Waals surface area contributed by atoms with Crippen LogP contribution in [0.15, 0.2) is 0 Å². The van der Waals surface area contributed by atoms with Crippen molar-refractivity contribution in [2.75, 3.05) is 13.1 Å². The van der Waals surface area contributed by atoms with E-state index in [4.69, 9.17) is 0 Å². The second-order valence-corrected chi connectivity index (χ2v) is 4.77. The molecule has 0 aromatic rings. The first-order chi connectivity index (χ1) is 7.74. The van der Waals surface area contributed by atoms with E-state index in [1.165, 1.54) is 6.42 Å². The standard InChI is InChI=1S/C13H22NO2.K/c1-12(6-3-2-4-11-15)7-8-13(16)14-9-5-10-14;/h12H,2-10H2,1H3;/q-1;+1. The van der Waals surface area contributed by atoms with E-state index in [0.717, 1.165) is 38.8 Å². The minimum Gasteiger partial charge on any atom is -0.542 e. The molecule has 0 aliphatic carbocycles. The van der Waals surface area contributed by atoms with Gasteiger partial charge in [-0.15, -0.1) is 0 Å². The Hall–Kier alpha value is 0.776. The zero-order valence-corrected chi connectivity index (χ0v) is 14.3. The fourth-order valence-corrected chi connectivity index (χ4v) is 1.93. The summed E-state index contributed by atoms with van der Waals surface area (Å²) in [5.41, 5.74) is 0. The molecule has 1 saturated heterocycles. The largest absolute Gasteiger partial charge is 1.00 e. The minimum atomic E-state index is 0. The first-order valence-electron chi connectivity index (χ1n) is 6.37. The van der Waals surface area contributed by atoms with Gasteiger partial charge in [0.1, 0.15) is 0 Å². The van der Waals surface area contributed by atoms with Gasteiger partial charge in [0.2, 0.25) is 5.91 Å². The second kappa shape index (κ2) is 10.7. The zero-order chi connectivity index (χ0) is 11.8. The summed E-state index contributed by atoms with van der Waals surface area (Å²) < 4.78 is 0. The van der Waals surface area contributed by atoms with E-state index in [1.807, 2.05) is 11.2 Å². The van der Waals surface area contributed by atoms with Crippen molar-refractivity contribution in [1.29, 1.82) is 0 Å². The number of amides is 1. The Morgan fingerprint density at radius 2 is 2.00 bits per heavy atom. The molecule has 1 aliphatic heterocycles. The summed E-state index contributed by atoms with van der Waals surface area (Å²) in [7, 11) is 0. The molecule has 1 rings (SSSR count). The summed E-state index contributed by atoms with van der Waals surface area (Å²) in [6.45, 7) is 4.11. The summed E-state index contributed by atoms with van der Waals surface area (Å²) in [6, 6.07) is 0. The van der Waals surface area contributed by atoms with E-state index in [-0.39, 0.29) is 51.4 Å². The topological polar surface area (TPSA) is 37.4 Å². The van der Waals surface area contributed by atoms with Gasteiger partial charge in [0.15, 0.2) is 0 Å². The third-order valence-corrected chi connectivity index (χ3v) is 3.29. The van der Waals surface area contributed by atoms with Crippen LogP contribution in [0.3, 0.4) is 0 Å². The monoisotopic (exact) mass is 263 g/mol. The Labute approximate surface area is 147 Å². The number of hydrogen-bond donors (Lipinski definition) is 0. The van der Waals surface area contributed by atoms with Crippen molar-refractivity contribution in [3.05, 3.63) is 0 Å². The number of carbonyl (C=O) groups excluding carboxylic acids is 2. The number of likely N-dealkylation sites (tertiary alicyclic amines) is 1. The molecule has 1 unspecified atom stereocenters. The molecule has 1 aliphatic rings. The first-order valence-corrected chi connectivity index (χ1v) is 6.37. The van der Waals surface area contributed by atoms with Crippen LogP contribution < -0.4 is 51.4 Å². The van der Waals surface area contributed by atoms with Crippen molar-refractivity contribution in [2.24, 2.45) is 5.92 Å². The summed E-state index contributed by atoms with van der Waals surface area (Å²) in [5, 5.41) is 0. The SMILES string of the molecule is CC(CCCC[C-]=O)CCC(=O)N1CCC1.[K+]. The average molecular weight is 263 g/mol. The third-order valence-electron chi connectivity index (χ3n) is 3.29. The maximum Gasteiger partial charge on any atom is 1.00 e. The molecule has 1 fully saturated rings. The zero-order valence-electron chi connectivity index (χ0n) is 11.2. The van der Waals surface area contributed by atoms with Gasteiger partial charge in [-0.25, -0.2) is 0 Å². The molecule has 0 aromatic carbocycles. The van der Waals surface area contributed by atoms with Gasteiger partial charge in [-0.1, -0.05) is 26.2 Å². The summed E-state index contributed by atoms with van der Waals surface area (Å²) in [4.78, 5) is 23.5. The molecular formula is C13H22KNO2. The van der Waals surface area contributed by atoms with Crippen molar-refractivity contribution in [2.45, 2.75) is 51.9 Å². The van der Waals surface area contributed by atoms with Crippen molar-refractivity contribution < 1.29 is 61.0 Å². The van der Waals surface area contributed by atoms with E-state index in [9.17, 15) is 9.59 Å². The summed E-state index contributed by atoms with van der Waals surface area (Å²) >= 11 is 0. The van der Waals surface area contributed by atoms with E-state index in [2.05, 4.69) is 6.92 Å². The summed E-state index contributed by atoms with van der Waals surface area (Å²) in [6.07, 6.45) is 8.45. The fourth-order valence-electron chi connectivity index (χ4n) is 1.93. The normalized spacial score (nSPS) is 15.7.